The Hall–Kier alpha value is -1.53. The van der Waals surface area contributed by atoms with Crippen LogP contribution in [0.4, 0.5) is 0 Å². The Morgan fingerprint density at radius 2 is 0.849 bits per heavy atom. The van der Waals surface area contributed by atoms with Crippen molar-refractivity contribution in [2.75, 3.05) is 33.0 Å². The summed E-state index contributed by atoms with van der Waals surface area (Å²) in [5, 5.41) is 72.4. The lowest BCUT2D eigenvalue weighted by Crippen LogP contribution is -2.61. The number of hydrogen-bond donors (Lipinski definition) is 7. The molecule has 2 fully saturated rings. The maximum atomic E-state index is 13.1. The predicted octanol–water partition coefficient (Wildman–Crippen LogP) is 10.8. The van der Waals surface area contributed by atoms with E-state index in [-0.39, 0.29) is 25.6 Å². The van der Waals surface area contributed by atoms with E-state index in [2.05, 4.69) is 38.2 Å². The van der Waals surface area contributed by atoms with Crippen molar-refractivity contribution in [2.45, 2.75) is 313 Å². The molecule has 0 radical (unpaired) electrons. The van der Waals surface area contributed by atoms with Crippen LogP contribution in [0.15, 0.2) is 24.3 Å². The maximum Gasteiger partial charge on any atom is 0.306 e. The zero-order valence-electron chi connectivity index (χ0n) is 46.1. The number of unbranched alkanes of at least 4 members (excludes halogenated alkanes) is 31. The van der Waals surface area contributed by atoms with E-state index in [1.165, 1.54) is 167 Å². The van der Waals surface area contributed by atoms with Gasteiger partial charge in [0, 0.05) is 13.0 Å². The minimum Gasteiger partial charge on any atom is -0.457 e. The molecule has 0 bridgehead atoms. The number of rotatable bonds is 49. The van der Waals surface area contributed by atoms with Gasteiger partial charge in [0.25, 0.3) is 0 Å². The lowest BCUT2D eigenvalue weighted by molar-refractivity contribution is -0.332. The van der Waals surface area contributed by atoms with Crippen LogP contribution in [0.5, 0.6) is 0 Å². The Balaban J connectivity index is 1.70. The second-order valence-electron chi connectivity index (χ2n) is 21.2. The van der Waals surface area contributed by atoms with Crippen molar-refractivity contribution in [3.63, 3.8) is 0 Å². The molecule has 2 aliphatic heterocycles. The average molecular weight is 1040 g/mol. The number of allylic oxidation sites excluding steroid dienone is 4. The van der Waals surface area contributed by atoms with E-state index < -0.39 is 80.7 Å². The Morgan fingerprint density at radius 1 is 0.452 bits per heavy atom. The third-order valence-corrected chi connectivity index (χ3v) is 14.5. The molecule has 0 aromatic rings. The first-order chi connectivity index (χ1) is 35.6. The molecule has 7 N–H and O–H groups in total. The minimum atomic E-state index is -1.71. The molecular formula is C59H110O14. The number of aliphatic hydroxyl groups excluding tert-OH is 7. The lowest BCUT2D eigenvalue weighted by Gasteiger charge is -2.42. The minimum absolute atomic E-state index is 0.0619. The van der Waals surface area contributed by atoms with Crippen molar-refractivity contribution in [3.05, 3.63) is 24.3 Å². The number of hydrogen-bond acceptors (Lipinski definition) is 14. The summed E-state index contributed by atoms with van der Waals surface area (Å²) in [4.78, 5) is 13.1. The number of carbonyl (C=O) groups excluding carboxylic acids is 1. The smallest absolute Gasteiger partial charge is 0.306 e. The van der Waals surface area contributed by atoms with Gasteiger partial charge < -0.3 is 64.2 Å². The third kappa shape index (κ3) is 33.4. The summed E-state index contributed by atoms with van der Waals surface area (Å²) in [5.41, 5.74) is 0. The molecule has 0 amide bonds. The van der Waals surface area contributed by atoms with E-state index >= 15 is 0 Å². The highest BCUT2D eigenvalue weighted by Gasteiger charge is 2.47. The van der Waals surface area contributed by atoms with E-state index in [4.69, 9.17) is 28.4 Å². The Morgan fingerprint density at radius 3 is 1.33 bits per heavy atom. The average Bonchev–Trinajstić information content (AvgIpc) is 3.39. The van der Waals surface area contributed by atoms with Crippen LogP contribution < -0.4 is 0 Å². The van der Waals surface area contributed by atoms with E-state index in [9.17, 15) is 40.5 Å². The van der Waals surface area contributed by atoms with E-state index in [0.29, 0.717) is 13.0 Å². The molecule has 11 atom stereocenters. The molecule has 0 aliphatic carbocycles. The topological polar surface area (TPSA) is 214 Å². The highest BCUT2D eigenvalue weighted by atomic mass is 16.7. The fraction of sp³-hybridized carbons (Fsp3) is 0.915. The van der Waals surface area contributed by atoms with Crippen LogP contribution >= 0.6 is 0 Å². The van der Waals surface area contributed by atoms with Gasteiger partial charge >= 0.3 is 5.97 Å². The van der Waals surface area contributed by atoms with E-state index in [1.807, 2.05) is 0 Å². The van der Waals surface area contributed by atoms with Gasteiger partial charge in [-0.15, -0.1) is 0 Å². The van der Waals surface area contributed by atoms with E-state index in [0.717, 1.165) is 51.4 Å². The fourth-order valence-corrected chi connectivity index (χ4v) is 9.61. The van der Waals surface area contributed by atoms with Crippen LogP contribution in [0.1, 0.15) is 245 Å². The normalized spacial score (nSPS) is 25.1. The monoisotopic (exact) mass is 1040 g/mol. The second-order valence-corrected chi connectivity index (χ2v) is 21.2. The SMILES string of the molecule is CCCCCC/C=C\C/C=C\CCCCCCCCCCOCC(COC1OC(COC2OC(CO)C(O)C(O)C2O)C(O)C(O)C1O)OC(=O)CCCCCCCCCCCCCCCCCCCCCC. The van der Waals surface area contributed by atoms with E-state index in [1.54, 1.807) is 0 Å². The van der Waals surface area contributed by atoms with Crippen molar-refractivity contribution >= 4 is 5.97 Å². The number of ether oxygens (including phenoxy) is 6. The highest BCUT2D eigenvalue weighted by Crippen LogP contribution is 2.27. The van der Waals surface area contributed by atoms with Crippen LogP contribution in [-0.2, 0) is 33.2 Å². The zero-order chi connectivity index (χ0) is 53.0. The molecule has 14 heteroatoms. The van der Waals surface area contributed by atoms with Gasteiger partial charge in [-0.25, -0.2) is 0 Å². The Kier molecular flexibility index (Phi) is 43.1. The third-order valence-electron chi connectivity index (χ3n) is 14.5. The molecule has 2 heterocycles. The maximum absolute atomic E-state index is 13.1. The van der Waals surface area contributed by atoms with Gasteiger partial charge in [-0.05, 0) is 44.9 Å². The standard InChI is InChI=1S/C59H110O14/c1-3-5-7-9-11-13-15-17-19-21-23-24-26-28-30-32-34-36-38-40-42-51(61)71-48(45-68-43-41-39-37-35-33-31-29-27-25-22-20-18-16-14-12-10-8-6-4-2)46-69-58-57(67)55(65)53(63)50(73-58)47-70-59-56(66)54(64)52(62)49(44-60)72-59/h14,16,20,22,48-50,52-60,62-67H,3-13,15,17-19,21,23-47H2,1-2H3/b16-14-,22-20-. The molecule has 2 saturated heterocycles. The second kappa shape index (κ2) is 46.6. The predicted molar refractivity (Wildman–Crippen MR) is 289 cm³/mol. The zero-order valence-corrected chi connectivity index (χ0v) is 46.1. The van der Waals surface area contributed by atoms with Crippen molar-refractivity contribution in [1.29, 1.82) is 0 Å². The first-order valence-corrected chi connectivity index (χ1v) is 29.9. The van der Waals surface area contributed by atoms with Gasteiger partial charge in [-0.1, -0.05) is 218 Å². The molecule has 73 heavy (non-hydrogen) atoms. The van der Waals surface area contributed by atoms with Crippen molar-refractivity contribution in [1.82, 2.24) is 0 Å². The Labute approximate surface area is 443 Å². The molecule has 0 saturated carbocycles. The van der Waals surface area contributed by atoms with Crippen LogP contribution in [-0.4, -0.2) is 142 Å². The quantitative estimate of drug-likeness (QED) is 0.0172. The summed E-state index contributed by atoms with van der Waals surface area (Å²) >= 11 is 0. The van der Waals surface area contributed by atoms with Crippen molar-refractivity contribution < 1.29 is 69.0 Å². The van der Waals surface area contributed by atoms with Gasteiger partial charge in [0.15, 0.2) is 12.6 Å². The van der Waals surface area contributed by atoms with Crippen LogP contribution in [0.3, 0.4) is 0 Å². The summed E-state index contributed by atoms with van der Waals surface area (Å²) in [6, 6.07) is 0. The number of carbonyl (C=O) groups is 1. The molecule has 0 aromatic carbocycles. The first kappa shape index (κ1) is 67.6. The highest BCUT2D eigenvalue weighted by molar-refractivity contribution is 5.69. The lowest BCUT2D eigenvalue weighted by atomic mass is 9.98. The van der Waals surface area contributed by atoms with Crippen LogP contribution in [0.2, 0.25) is 0 Å². The fourth-order valence-electron chi connectivity index (χ4n) is 9.61. The molecule has 0 aromatic heterocycles. The first-order valence-electron chi connectivity index (χ1n) is 29.9. The number of aliphatic hydroxyl groups is 7. The molecule has 2 aliphatic rings. The van der Waals surface area contributed by atoms with Crippen LogP contribution in [0, 0.1) is 0 Å². The molecule has 14 nitrogen and oxygen atoms in total. The van der Waals surface area contributed by atoms with Gasteiger partial charge in [0.05, 0.1) is 26.4 Å². The summed E-state index contributed by atoms with van der Waals surface area (Å²) in [7, 11) is 0. The molecular weight excluding hydrogens is 933 g/mol. The molecule has 2 rings (SSSR count). The number of esters is 1. The van der Waals surface area contributed by atoms with Gasteiger partial charge in [-0.3, -0.25) is 4.79 Å². The molecule has 430 valence electrons. The van der Waals surface area contributed by atoms with Gasteiger partial charge in [0.2, 0.25) is 0 Å². The van der Waals surface area contributed by atoms with Gasteiger partial charge in [0.1, 0.15) is 54.9 Å². The summed E-state index contributed by atoms with van der Waals surface area (Å²) < 4.78 is 34.4. The van der Waals surface area contributed by atoms with Crippen molar-refractivity contribution in [2.24, 2.45) is 0 Å². The Bertz CT molecular complexity index is 1300. The van der Waals surface area contributed by atoms with Gasteiger partial charge in [-0.2, -0.15) is 0 Å². The summed E-state index contributed by atoms with van der Waals surface area (Å²) in [6.07, 6.45) is 36.6. The largest absolute Gasteiger partial charge is 0.457 e. The summed E-state index contributed by atoms with van der Waals surface area (Å²) in [6.45, 7) is 3.71. The van der Waals surface area contributed by atoms with Crippen LogP contribution in [0.25, 0.3) is 0 Å². The summed E-state index contributed by atoms with van der Waals surface area (Å²) in [5.74, 6) is -0.373. The molecule has 0 spiro atoms. The molecule has 11 unspecified atom stereocenters. The van der Waals surface area contributed by atoms with Crippen molar-refractivity contribution in [3.8, 4) is 0 Å².